The van der Waals surface area contributed by atoms with Crippen LogP contribution in [0.25, 0.3) is 0 Å². The Morgan fingerprint density at radius 3 is 2.18 bits per heavy atom. The summed E-state index contributed by atoms with van der Waals surface area (Å²) in [5.41, 5.74) is 5.57. The van der Waals surface area contributed by atoms with Crippen LogP contribution < -0.4 is 5.73 Å². The van der Waals surface area contributed by atoms with Gasteiger partial charge in [0.05, 0.1) is 6.42 Å². The summed E-state index contributed by atoms with van der Waals surface area (Å²) >= 11 is 0. The number of nitrogens with two attached hydrogens (primary N) is 1. The van der Waals surface area contributed by atoms with Crippen LogP contribution in [0.4, 0.5) is 0 Å². The molecule has 2 atom stereocenters. The van der Waals surface area contributed by atoms with Crippen molar-refractivity contribution in [3.05, 3.63) is 35.9 Å². The molecule has 28 heavy (non-hydrogen) atoms. The Hall–Kier alpha value is -2.02. The van der Waals surface area contributed by atoms with E-state index in [-0.39, 0.29) is 6.61 Å². The minimum atomic E-state index is -3.09. The molecule has 0 radical (unpaired) electrons. The molecule has 0 bridgehead atoms. The Labute approximate surface area is 165 Å². The van der Waals surface area contributed by atoms with Crippen molar-refractivity contribution in [1.82, 2.24) is 0 Å². The molecule has 0 spiro atoms. The number of carbonyl (C=O) groups is 3. The zero-order chi connectivity index (χ0) is 21.5. The molecule has 1 aromatic carbocycles. The van der Waals surface area contributed by atoms with E-state index in [4.69, 9.17) is 19.7 Å². The van der Waals surface area contributed by atoms with Crippen LogP contribution in [-0.4, -0.2) is 42.9 Å². The van der Waals surface area contributed by atoms with Crippen molar-refractivity contribution in [2.24, 2.45) is 11.7 Å². The molecule has 0 amide bonds. The number of hydrogen-bond acceptors (Lipinski definition) is 8. The van der Waals surface area contributed by atoms with Crippen LogP contribution in [0, 0.1) is 5.92 Å². The highest BCUT2D eigenvalue weighted by Crippen LogP contribution is 2.38. The molecule has 156 valence electrons. The standard InChI is InChI=1S/C19H28NO7P/c1-19(2,3)26-15(21)11-14(16(22)17(20)27-28(4,5)24)18(23)25-12-13-9-7-6-8-10-13/h6-10,14,17H,11-12,20H2,1-5H3/t14?,17-/m0/s1. The normalized spacial score (nSPS) is 14.1. The van der Waals surface area contributed by atoms with Crippen molar-refractivity contribution < 1.29 is 32.9 Å². The molecule has 0 saturated carbocycles. The number of hydrogen-bond donors (Lipinski definition) is 1. The van der Waals surface area contributed by atoms with Crippen LogP contribution in [0.5, 0.6) is 0 Å². The SMILES string of the molecule is CC(C)(C)OC(=O)CC(C(=O)OCc1ccccc1)C(=O)[C@@H](N)OP(C)(C)=O. The largest absolute Gasteiger partial charge is 0.460 e. The maximum atomic E-state index is 12.6. The van der Waals surface area contributed by atoms with Crippen LogP contribution in [0.15, 0.2) is 30.3 Å². The first-order valence-corrected chi connectivity index (χ1v) is 11.3. The molecule has 2 N–H and O–H groups in total. The monoisotopic (exact) mass is 413 g/mol. The Kier molecular flexibility index (Phi) is 8.54. The van der Waals surface area contributed by atoms with Gasteiger partial charge in [-0.05, 0) is 26.3 Å². The zero-order valence-electron chi connectivity index (χ0n) is 16.8. The Morgan fingerprint density at radius 1 is 1.11 bits per heavy atom. The van der Waals surface area contributed by atoms with Crippen LogP contribution in [0.2, 0.25) is 0 Å². The van der Waals surface area contributed by atoms with Crippen molar-refractivity contribution in [2.45, 2.75) is 45.6 Å². The first-order chi connectivity index (χ1) is 12.8. The van der Waals surface area contributed by atoms with Gasteiger partial charge in [-0.25, -0.2) is 0 Å². The number of ketones is 1. The fourth-order valence-electron chi connectivity index (χ4n) is 2.20. The van der Waals surface area contributed by atoms with Crippen LogP contribution >= 0.6 is 7.37 Å². The lowest BCUT2D eigenvalue weighted by Gasteiger charge is -2.23. The van der Waals surface area contributed by atoms with E-state index in [0.717, 1.165) is 0 Å². The lowest BCUT2D eigenvalue weighted by Crippen LogP contribution is -2.42. The van der Waals surface area contributed by atoms with Crippen molar-refractivity contribution in [3.63, 3.8) is 0 Å². The summed E-state index contributed by atoms with van der Waals surface area (Å²) in [6, 6.07) is 8.85. The van der Waals surface area contributed by atoms with Gasteiger partial charge in [-0.2, -0.15) is 0 Å². The summed E-state index contributed by atoms with van der Waals surface area (Å²) in [6.07, 6.45) is -2.18. The van der Waals surface area contributed by atoms with Crippen molar-refractivity contribution >= 4 is 25.1 Å². The second-order valence-electron chi connectivity index (χ2n) is 7.62. The van der Waals surface area contributed by atoms with Gasteiger partial charge in [0.15, 0.2) is 19.4 Å². The number of benzene rings is 1. The summed E-state index contributed by atoms with van der Waals surface area (Å²) in [5.74, 6) is -4.11. The van der Waals surface area contributed by atoms with Crippen LogP contribution in [0.3, 0.4) is 0 Å². The quantitative estimate of drug-likeness (QED) is 0.284. The predicted octanol–water partition coefficient (Wildman–Crippen LogP) is 2.49. The van der Waals surface area contributed by atoms with E-state index >= 15 is 0 Å². The zero-order valence-corrected chi connectivity index (χ0v) is 17.7. The van der Waals surface area contributed by atoms with Gasteiger partial charge >= 0.3 is 11.9 Å². The first kappa shape index (κ1) is 24.0. The molecule has 0 saturated heterocycles. The van der Waals surface area contributed by atoms with Gasteiger partial charge in [0, 0.05) is 13.3 Å². The Morgan fingerprint density at radius 2 is 1.68 bits per heavy atom. The fourth-order valence-corrected chi connectivity index (χ4v) is 2.85. The van der Waals surface area contributed by atoms with E-state index in [1.54, 1.807) is 45.0 Å². The van der Waals surface area contributed by atoms with E-state index in [1.165, 1.54) is 13.3 Å². The second kappa shape index (κ2) is 9.96. The molecule has 0 fully saturated rings. The van der Waals surface area contributed by atoms with Crippen molar-refractivity contribution in [2.75, 3.05) is 13.3 Å². The molecule has 1 aromatic rings. The second-order valence-corrected chi connectivity index (χ2v) is 10.3. The third-order valence-electron chi connectivity index (χ3n) is 3.29. The van der Waals surface area contributed by atoms with Crippen molar-refractivity contribution in [1.29, 1.82) is 0 Å². The van der Waals surface area contributed by atoms with Gasteiger partial charge in [-0.15, -0.1) is 0 Å². The van der Waals surface area contributed by atoms with Gasteiger partial charge < -0.3 is 14.0 Å². The topological polar surface area (TPSA) is 122 Å². The third-order valence-corrected chi connectivity index (χ3v) is 4.03. The number of rotatable bonds is 9. The van der Waals surface area contributed by atoms with E-state index < -0.39 is 49.3 Å². The Bertz CT molecular complexity index is 736. The summed E-state index contributed by atoms with van der Waals surface area (Å²) in [4.78, 5) is 37.2. The molecule has 0 aliphatic heterocycles. The molecule has 1 unspecified atom stereocenters. The minimum absolute atomic E-state index is 0.0755. The molecule has 0 heterocycles. The number of esters is 2. The maximum absolute atomic E-state index is 12.6. The first-order valence-electron chi connectivity index (χ1n) is 8.73. The van der Waals surface area contributed by atoms with E-state index in [0.29, 0.717) is 5.56 Å². The van der Waals surface area contributed by atoms with E-state index in [9.17, 15) is 18.9 Å². The maximum Gasteiger partial charge on any atom is 0.317 e. The molecule has 9 heteroatoms. The van der Waals surface area contributed by atoms with Crippen LogP contribution in [-0.2, 0) is 39.6 Å². The fraction of sp³-hybridized carbons (Fsp3) is 0.526. The molecule has 0 aliphatic carbocycles. The summed E-state index contributed by atoms with van der Waals surface area (Å²) in [5, 5.41) is 0. The van der Waals surface area contributed by atoms with Gasteiger partial charge in [-0.1, -0.05) is 30.3 Å². The molecular formula is C19H28NO7P. The molecule has 1 rings (SSSR count). The third kappa shape index (κ3) is 9.26. The number of Topliss-reactive ketones (excluding diaryl/α,β-unsaturated/α-hetero) is 1. The van der Waals surface area contributed by atoms with Gasteiger partial charge in [0.2, 0.25) is 0 Å². The van der Waals surface area contributed by atoms with Gasteiger partial charge in [0.1, 0.15) is 18.1 Å². The average molecular weight is 413 g/mol. The summed E-state index contributed by atoms with van der Waals surface area (Å²) < 4.78 is 27.1. The lowest BCUT2D eigenvalue weighted by atomic mass is 9.99. The highest BCUT2D eigenvalue weighted by molar-refractivity contribution is 7.57. The molecular weight excluding hydrogens is 385 g/mol. The van der Waals surface area contributed by atoms with Crippen LogP contribution in [0.1, 0.15) is 32.8 Å². The van der Waals surface area contributed by atoms with E-state index in [2.05, 4.69) is 0 Å². The summed E-state index contributed by atoms with van der Waals surface area (Å²) in [7, 11) is -3.09. The number of carbonyl (C=O) groups excluding carboxylic acids is 3. The van der Waals surface area contributed by atoms with Crippen molar-refractivity contribution in [3.8, 4) is 0 Å². The van der Waals surface area contributed by atoms with Gasteiger partial charge in [-0.3, -0.25) is 24.7 Å². The average Bonchev–Trinajstić information content (AvgIpc) is 2.54. The molecule has 0 aromatic heterocycles. The highest BCUT2D eigenvalue weighted by Gasteiger charge is 2.37. The number of ether oxygens (including phenoxy) is 2. The summed E-state index contributed by atoms with van der Waals surface area (Å²) in [6.45, 7) is 7.49. The smallest absolute Gasteiger partial charge is 0.317 e. The highest BCUT2D eigenvalue weighted by atomic mass is 31.2. The minimum Gasteiger partial charge on any atom is -0.460 e. The van der Waals surface area contributed by atoms with E-state index in [1.807, 2.05) is 6.07 Å². The molecule has 8 nitrogen and oxygen atoms in total. The Balaban J connectivity index is 2.92. The van der Waals surface area contributed by atoms with Gasteiger partial charge in [0.25, 0.3) is 0 Å². The lowest BCUT2D eigenvalue weighted by molar-refractivity contribution is -0.165. The predicted molar refractivity (Wildman–Crippen MR) is 104 cm³/mol. The molecule has 0 aliphatic rings.